The molecule has 0 saturated carbocycles. The number of hydrogen-bond donors (Lipinski definition) is 2. The maximum atomic E-state index is 14.0. The van der Waals surface area contributed by atoms with Crippen molar-refractivity contribution in [1.29, 1.82) is 0 Å². The number of benzene rings is 3. The fraction of sp³-hybridized carbons (Fsp3) is 0.303. The van der Waals surface area contributed by atoms with Crippen molar-refractivity contribution in [2.75, 3.05) is 40.5 Å². The molecular weight excluding hydrogens is 646 g/mol. The van der Waals surface area contributed by atoms with Crippen molar-refractivity contribution in [3.63, 3.8) is 0 Å². The molecule has 0 unspecified atom stereocenters. The Balaban J connectivity index is 1.49. The van der Waals surface area contributed by atoms with Gasteiger partial charge < -0.3 is 29.4 Å². The van der Waals surface area contributed by atoms with Gasteiger partial charge in [-0.2, -0.15) is 4.31 Å². The number of nitrogens with one attached hydrogen (secondary N) is 2. The van der Waals surface area contributed by atoms with Gasteiger partial charge in [-0.3, -0.25) is 9.59 Å². The molecule has 248 valence electrons. The molecule has 2 N–H and O–H groups in total. The number of imidazole rings is 1. The maximum Gasteiger partial charge on any atom is 0.247 e. The smallest absolute Gasteiger partial charge is 0.247 e. The molecule has 4 aromatic rings. The normalized spacial score (nSPS) is 16.9. The third kappa shape index (κ3) is 8.23. The van der Waals surface area contributed by atoms with Crippen LogP contribution in [0.4, 0.5) is 0 Å². The van der Waals surface area contributed by atoms with Crippen LogP contribution in [0.25, 0.3) is 11.4 Å². The zero-order valence-electron chi connectivity index (χ0n) is 26.0. The number of carbonyl (C=O) groups excluding carboxylic acids is 2. The number of methoxy groups -OCH3 is 2. The van der Waals surface area contributed by atoms with Gasteiger partial charge in [0.1, 0.15) is 22.5 Å². The van der Waals surface area contributed by atoms with Gasteiger partial charge in [-0.1, -0.05) is 41.9 Å². The van der Waals surface area contributed by atoms with Crippen LogP contribution >= 0.6 is 11.6 Å². The van der Waals surface area contributed by atoms with Crippen LogP contribution in [0.15, 0.2) is 84.0 Å². The minimum absolute atomic E-state index is 0.0757. The van der Waals surface area contributed by atoms with Gasteiger partial charge in [-0.05, 0) is 48.4 Å². The molecule has 0 fully saturated rings. The van der Waals surface area contributed by atoms with E-state index in [1.165, 1.54) is 32.4 Å². The fourth-order valence-corrected chi connectivity index (χ4v) is 7.11. The highest BCUT2D eigenvalue weighted by molar-refractivity contribution is 7.89. The lowest BCUT2D eigenvalue weighted by Crippen LogP contribution is -2.51. The molecule has 0 aliphatic carbocycles. The third-order valence-electron chi connectivity index (χ3n) is 7.60. The first kappa shape index (κ1) is 33.8. The summed E-state index contributed by atoms with van der Waals surface area (Å²) in [7, 11) is -1.42. The average molecular weight is 682 g/mol. The highest BCUT2D eigenvalue weighted by atomic mass is 35.5. The van der Waals surface area contributed by atoms with E-state index in [-0.39, 0.29) is 48.2 Å². The summed E-state index contributed by atoms with van der Waals surface area (Å²) in [6, 6.07) is 18.0. The Labute approximate surface area is 278 Å². The van der Waals surface area contributed by atoms with E-state index in [0.29, 0.717) is 23.9 Å². The second-order valence-corrected chi connectivity index (χ2v) is 13.1. The second-order valence-electron chi connectivity index (χ2n) is 10.7. The third-order valence-corrected chi connectivity index (χ3v) is 9.70. The minimum Gasteiger partial charge on any atom is -0.495 e. The van der Waals surface area contributed by atoms with E-state index >= 15 is 0 Å². The number of rotatable bonds is 6. The number of amides is 2. The highest BCUT2D eigenvalue weighted by Gasteiger charge is 2.31. The Morgan fingerprint density at radius 2 is 1.77 bits per heavy atom. The molecule has 14 heteroatoms. The monoisotopic (exact) mass is 681 g/mol. The number of carbonyl (C=O) groups is 2. The Kier molecular flexibility index (Phi) is 11.0. The molecule has 1 aliphatic heterocycles. The topological polar surface area (TPSA) is 141 Å². The summed E-state index contributed by atoms with van der Waals surface area (Å²) in [6.07, 6.45) is 3.90. The summed E-state index contributed by atoms with van der Waals surface area (Å²) in [6.45, 7) is 0.107. The average Bonchev–Trinajstić information content (AvgIpc) is 3.54. The number of halogens is 1. The molecule has 47 heavy (non-hydrogen) atoms. The van der Waals surface area contributed by atoms with Crippen molar-refractivity contribution in [3.8, 4) is 28.6 Å². The molecule has 1 aromatic heterocycles. The van der Waals surface area contributed by atoms with E-state index in [4.69, 9.17) is 25.8 Å². The van der Waals surface area contributed by atoms with Crippen molar-refractivity contribution in [1.82, 2.24) is 24.5 Å². The lowest BCUT2D eigenvalue weighted by molar-refractivity contribution is -0.129. The molecule has 0 radical (unpaired) electrons. The zero-order chi connectivity index (χ0) is 33.4. The van der Waals surface area contributed by atoms with Gasteiger partial charge in [0.2, 0.25) is 21.8 Å². The molecule has 2 amide bonds. The van der Waals surface area contributed by atoms with Crippen molar-refractivity contribution in [2.24, 2.45) is 0 Å². The number of aromatic nitrogens is 2. The second kappa shape index (κ2) is 15.3. The molecule has 12 nitrogen and oxygen atoms in total. The van der Waals surface area contributed by atoms with Crippen LogP contribution in [0.1, 0.15) is 12.0 Å². The van der Waals surface area contributed by atoms with Gasteiger partial charge in [-0.25, -0.2) is 13.4 Å². The SMILES string of the molecule is COc1ccc2cc1OCCCN(S(=O)(=O)c1cc(Cl)ccc1OC)CC(=O)N[C@@H](Cc1ccccc1)C(=O)NCCn1ccnc1-2. The van der Waals surface area contributed by atoms with Crippen LogP contribution in [-0.2, 0) is 32.6 Å². The van der Waals surface area contributed by atoms with Gasteiger partial charge in [0.15, 0.2) is 11.5 Å². The van der Waals surface area contributed by atoms with Crippen LogP contribution in [0.3, 0.4) is 0 Å². The molecule has 1 atom stereocenters. The molecule has 5 rings (SSSR count). The Morgan fingerprint density at radius 3 is 2.53 bits per heavy atom. The Hall–Kier alpha value is -4.59. The minimum atomic E-state index is -4.30. The predicted molar refractivity (Wildman–Crippen MR) is 176 cm³/mol. The quantitative estimate of drug-likeness (QED) is 0.315. The highest BCUT2D eigenvalue weighted by Crippen LogP contribution is 2.33. The zero-order valence-corrected chi connectivity index (χ0v) is 27.6. The Morgan fingerprint density at radius 1 is 1.00 bits per heavy atom. The first-order valence-corrected chi connectivity index (χ1v) is 16.8. The van der Waals surface area contributed by atoms with E-state index in [9.17, 15) is 18.0 Å². The number of nitrogens with zero attached hydrogens (tertiary/aromatic N) is 3. The number of hydrogen-bond acceptors (Lipinski definition) is 8. The summed E-state index contributed by atoms with van der Waals surface area (Å²) >= 11 is 6.18. The van der Waals surface area contributed by atoms with Gasteiger partial charge >= 0.3 is 0 Å². The largest absolute Gasteiger partial charge is 0.495 e. The van der Waals surface area contributed by atoms with Crippen molar-refractivity contribution < 1.29 is 32.2 Å². The number of fused-ring (bicyclic) bond motifs is 4. The van der Waals surface area contributed by atoms with Gasteiger partial charge in [0.25, 0.3) is 0 Å². The van der Waals surface area contributed by atoms with E-state index in [0.717, 1.165) is 15.4 Å². The summed E-state index contributed by atoms with van der Waals surface area (Å²) in [5.74, 6) is 0.614. The van der Waals surface area contributed by atoms with E-state index < -0.39 is 34.4 Å². The lowest BCUT2D eigenvalue weighted by atomic mass is 10.1. The van der Waals surface area contributed by atoms with Gasteiger partial charge in [0, 0.05) is 49.0 Å². The molecule has 2 bridgehead atoms. The van der Waals surface area contributed by atoms with E-state index in [2.05, 4.69) is 15.6 Å². The molecule has 1 aliphatic rings. The van der Waals surface area contributed by atoms with Crippen molar-refractivity contribution in [2.45, 2.75) is 30.3 Å². The van der Waals surface area contributed by atoms with Gasteiger partial charge in [0.05, 0.1) is 27.4 Å². The summed E-state index contributed by atoms with van der Waals surface area (Å²) in [5, 5.41) is 5.86. The lowest BCUT2D eigenvalue weighted by Gasteiger charge is -2.25. The van der Waals surface area contributed by atoms with Crippen LogP contribution in [-0.4, -0.2) is 80.6 Å². The van der Waals surface area contributed by atoms with Crippen LogP contribution in [0.2, 0.25) is 5.02 Å². The molecular formula is C33H36ClN5O7S. The predicted octanol–water partition coefficient (Wildman–Crippen LogP) is 3.54. The summed E-state index contributed by atoms with van der Waals surface area (Å²) in [5.41, 5.74) is 1.59. The Bertz CT molecular complexity index is 1820. The number of sulfonamides is 1. The van der Waals surface area contributed by atoms with Crippen molar-refractivity contribution >= 4 is 33.4 Å². The first-order chi connectivity index (χ1) is 22.7. The molecule has 0 saturated heterocycles. The number of ether oxygens (including phenoxy) is 3. The van der Waals surface area contributed by atoms with Crippen molar-refractivity contribution in [3.05, 3.63) is 89.7 Å². The summed E-state index contributed by atoms with van der Waals surface area (Å²) in [4.78, 5) is 31.4. The van der Waals surface area contributed by atoms with Crippen LogP contribution in [0, 0.1) is 0 Å². The van der Waals surface area contributed by atoms with Crippen LogP contribution in [0.5, 0.6) is 17.2 Å². The fourth-order valence-electron chi connectivity index (χ4n) is 5.26. The van der Waals surface area contributed by atoms with E-state index in [1.54, 1.807) is 18.3 Å². The van der Waals surface area contributed by atoms with E-state index in [1.807, 2.05) is 47.2 Å². The van der Waals surface area contributed by atoms with Crippen LogP contribution < -0.4 is 24.8 Å². The van der Waals surface area contributed by atoms with Gasteiger partial charge in [-0.15, -0.1) is 0 Å². The molecule has 2 heterocycles. The summed E-state index contributed by atoms with van der Waals surface area (Å²) < 4.78 is 47.9. The molecule has 3 aromatic carbocycles. The molecule has 0 spiro atoms. The standard InChI is InChI=1S/C33H36ClN5O7S/c1-44-27-11-9-24-20-29(27)46-18-6-15-39(47(42,43)30-21-25(34)10-12-28(30)45-2)22-31(40)37-26(19-23-7-4-3-5-8-23)33(41)36-14-17-38-16-13-35-32(24)38/h3-5,7-13,16,20-21,26H,6,14-15,17-19,22H2,1-2H3,(H,36,41)(H,37,40)/t26-/m0/s1. The maximum absolute atomic E-state index is 14.0. The first-order valence-electron chi connectivity index (χ1n) is 15.0.